The molecule has 0 bridgehead atoms. The number of hydrogen-bond donors (Lipinski definition) is 1. The molecule has 1 fully saturated rings. The minimum atomic E-state index is 0.708. The second-order valence-corrected chi connectivity index (χ2v) is 6.78. The van der Waals surface area contributed by atoms with Crippen molar-refractivity contribution in [2.75, 3.05) is 19.7 Å². The molecule has 0 radical (unpaired) electrons. The fourth-order valence-corrected chi connectivity index (χ4v) is 3.92. The molecule has 1 heterocycles. The Bertz CT molecular complexity index is 655. The lowest BCUT2D eigenvalue weighted by atomic mass is 9.94. The molecule has 1 saturated carbocycles. The molecule has 1 N–H and O–H groups in total. The van der Waals surface area contributed by atoms with Crippen molar-refractivity contribution in [2.24, 2.45) is 0 Å². The summed E-state index contributed by atoms with van der Waals surface area (Å²) in [7, 11) is 0. The molecule has 0 spiro atoms. The number of nitrogens with one attached hydrogen (secondary N) is 1. The van der Waals surface area contributed by atoms with Gasteiger partial charge in [0.05, 0.1) is 6.61 Å². The fraction of sp³-hybridized carbons (Fsp3) is 0.524. The quantitative estimate of drug-likeness (QED) is 0.697. The van der Waals surface area contributed by atoms with Crippen molar-refractivity contribution in [1.29, 1.82) is 0 Å². The van der Waals surface area contributed by atoms with Gasteiger partial charge in [-0.15, -0.1) is 6.58 Å². The highest BCUT2D eigenvalue weighted by Gasteiger charge is 2.20. The molecule has 3 rings (SSSR count). The first kappa shape index (κ1) is 17.1. The van der Waals surface area contributed by atoms with Crippen LogP contribution >= 0.6 is 0 Å². The highest BCUT2D eigenvalue weighted by Crippen LogP contribution is 2.26. The minimum absolute atomic E-state index is 0.708. The van der Waals surface area contributed by atoms with Crippen LogP contribution in [0.2, 0.25) is 0 Å². The molecule has 3 nitrogen and oxygen atoms in total. The molecule has 24 heavy (non-hydrogen) atoms. The Morgan fingerprint density at radius 3 is 2.88 bits per heavy atom. The summed E-state index contributed by atoms with van der Waals surface area (Å²) in [6, 6.07) is 7.06. The summed E-state index contributed by atoms with van der Waals surface area (Å²) in [4.78, 5) is 6.02. The van der Waals surface area contributed by atoms with Gasteiger partial charge in [0.25, 0.3) is 0 Å². The Labute approximate surface area is 145 Å². The van der Waals surface area contributed by atoms with Crippen LogP contribution in [-0.2, 0) is 6.42 Å². The maximum atomic E-state index is 5.66. The van der Waals surface area contributed by atoms with Gasteiger partial charge >= 0.3 is 0 Å². The summed E-state index contributed by atoms with van der Waals surface area (Å²) in [6.07, 6.45) is 12.1. The zero-order valence-electron chi connectivity index (χ0n) is 14.9. The van der Waals surface area contributed by atoms with E-state index in [4.69, 9.17) is 4.74 Å². The molecular formula is C21H30N2O. The van der Waals surface area contributed by atoms with Crippen LogP contribution in [0.5, 0.6) is 5.75 Å². The molecule has 0 aliphatic heterocycles. The third kappa shape index (κ3) is 4.02. The lowest BCUT2D eigenvalue weighted by Crippen LogP contribution is -2.38. The summed E-state index contributed by atoms with van der Waals surface area (Å²) in [6.45, 7) is 8.79. The van der Waals surface area contributed by atoms with Crippen LogP contribution in [0.25, 0.3) is 10.9 Å². The van der Waals surface area contributed by atoms with Crippen LogP contribution in [0.1, 0.15) is 44.6 Å². The Hall–Kier alpha value is -1.74. The first-order valence-electron chi connectivity index (χ1n) is 9.39. The van der Waals surface area contributed by atoms with Gasteiger partial charge in [0, 0.05) is 36.2 Å². The van der Waals surface area contributed by atoms with Gasteiger partial charge in [-0.2, -0.15) is 0 Å². The van der Waals surface area contributed by atoms with Gasteiger partial charge in [0.1, 0.15) is 5.75 Å². The monoisotopic (exact) mass is 326 g/mol. The van der Waals surface area contributed by atoms with E-state index in [-0.39, 0.29) is 0 Å². The number of aromatic amines is 1. The van der Waals surface area contributed by atoms with Crippen molar-refractivity contribution in [3.05, 3.63) is 42.6 Å². The predicted molar refractivity (Wildman–Crippen MR) is 102 cm³/mol. The van der Waals surface area contributed by atoms with Crippen molar-refractivity contribution >= 4 is 10.9 Å². The van der Waals surface area contributed by atoms with Gasteiger partial charge in [0.15, 0.2) is 0 Å². The summed E-state index contributed by atoms with van der Waals surface area (Å²) < 4.78 is 5.66. The fourth-order valence-electron chi connectivity index (χ4n) is 3.92. The number of rotatable bonds is 8. The van der Waals surface area contributed by atoms with Crippen LogP contribution in [0, 0.1) is 0 Å². The Kier molecular flexibility index (Phi) is 5.97. The van der Waals surface area contributed by atoms with Crippen LogP contribution < -0.4 is 4.74 Å². The largest absolute Gasteiger partial charge is 0.494 e. The molecule has 130 valence electrons. The molecule has 3 heteroatoms. The lowest BCUT2D eigenvalue weighted by molar-refractivity contribution is 0.174. The molecule has 1 aliphatic carbocycles. The van der Waals surface area contributed by atoms with E-state index in [2.05, 4.69) is 40.9 Å². The number of hydrogen-bond acceptors (Lipinski definition) is 2. The number of H-pyrrole nitrogens is 1. The molecule has 2 aromatic rings. The van der Waals surface area contributed by atoms with Gasteiger partial charge in [0.2, 0.25) is 0 Å². The number of fused-ring (bicyclic) bond motifs is 1. The van der Waals surface area contributed by atoms with Crippen molar-refractivity contribution in [3.8, 4) is 5.75 Å². The maximum absolute atomic E-state index is 5.66. The predicted octanol–water partition coefficient (Wildman–Crippen LogP) is 4.93. The molecule has 0 amide bonds. The highest BCUT2D eigenvalue weighted by molar-refractivity contribution is 5.84. The number of aromatic nitrogens is 1. The second kappa shape index (κ2) is 8.39. The first-order chi connectivity index (χ1) is 11.8. The third-order valence-corrected chi connectivity index (χ3v) is 5.17. The average Bonchev–Trinajstić information content (AvgIpc) is 3.02. The van der Waals surface area contributed by atoms with Crippen LogP contribution in [0.15, 0.2) is 37.1 Å². The zero-order chi connectivity index (χ0) is 16.8. The number of nitrogens with zero attached hydrogens (tertiary/aromatic N) is 1. The zero-order valence-corrected chi connectivity index (χ0v) is 14.9. The molecular weight excluding hydrogens is 296 g/mol. The summed E-state index contributed by atoms with van der Waals surface area (Å²) in [5.41, 5.74) is 2.58. The Morgan fingerprint density at radius 1 is 1.29 bits per heavy atom. The third-order valence-electron chi connectivity index (χ3n) is 5.17. The maximum Gasteiger partial charge on any atom is 0.120 e. The van der Waals surface area contributed by atoms with Crippen molar-refractivity contribution in [2.45, 2.75) is 51.5 Å². The van der Waals surface area contributed by atoms with Gasteiger partial charge in [-0.25, -0.2) is 0 Å². The number of ether oxygens (including phenoxy) is 1. The Morgan fingerprint density at radius 2 is 2.12 bits per heavy atom. The smallest absolute Gasteiger partial charge is 0.120 e. The SMILES string of the molecule is C=CCN(CCc1c[nH]c2ccc(OCC)cc12)C1CCCCC1. The number of benzene rings is 1. The summed E-state index contributed by atoms with van der Waals surface area (Å²) in [5, 5.41) is 1.29. The molecule has 1 aromatic carbocycles. The Balaban J connectivity index is 1.70. The van der Waals surface area contributed by atoms with Gasteiger partial charge in [-0.05, 0) is 49.9 Å². The van der Waals surface area contributed by atoms with E-state index >= 15 is 0 Å². The van der Waals surface area contributed by atoms with Crippen molar-refractivity contribution in [1.82, 2.24) is 9.88 Å². The summed E-state index contributed by atoms with van der Waals surface area (Å²) in [5.74, 6) is 0.959. The van der Waals surface area contributed by atoms with E-state index < -0.39 is 0 Å². The van der Waals surface area contributed by atoms with E-state index in [0.29, 0.717) is 6.61 Å². The van der Waals surface area contributed by atoms with Crippen molar-refractivity contribution in [3.63, 3.8) is 0 Å². The topological polar surface area (TPSA) is 28.3 Å². The van der Waals surface area contributed by atoms with Crippen LogP contribution in [0.4, 0.5) is 0 Å². The van der Waals surface area contributed by atoms with E-state index in [0.717, 1.165) is 31.3 Å². The normalized spacial score (nSPS) is 15.9. The standard InChI is InChI=1S/C21H30N2O/c1-3-13-23(18-8-6-5-7-9-18)14-12-17-16-22-21-11-10-19(24-4-2)15-20(17)21/h3,10-11,15-16,18,22H,1,4-9,12-14H2,2H3. The first-order valence-corrected chi connectivity index (χ1v) is 9.39. The van der Waals surface area contributed by atoms with Crippen molar-refractivity contribution < 1.29 is 4.74 Å². The van der Waals surface area contributed by atoms with Gasteiger partial charge < -0.3 is 9.72 Å². The lowest BCUT2D eigenvalue weighted by Gasteiger charge is -2.33. The minimum Gasteiger partial charge on any atom is -0.494 e. The van der Waals surface area contributed by atoms with Crippen LogP contribution in [0.3, 0.4) is 0 Å². The molecule has 0 unspecified atom stereocenters. The molecule has 0 atom stereocenters. The summed E-state index contributed by atoms with van der Waals surface area (Å²) >= 11 is 0. The molecule has 1 aromatic heterocycles. The van der Waals surface area contributed by atoms with Gasteiger partial charge in [-0.1, -0.05) is 25.3 Å². The average molecular weight is 326 g/mol. The second-order valence-electron chi connectivity index (χ2n) is 6.78. The van der Waals surface area contributed by atoms with E-state index in [9.17, 15) is 0 Å². The molecule has 1 aliphatic rings. The van der Waals surface area contributed by atoms with Gasteiger partial charge in [-0.3, -0.25) is 4.90 Å². The van der Waals surface area contributed by atoms with E-state index in [1.165, 1.54) is 48.6 Å². The van der Waals surface area contributed by atoms with E-state index in [1.807, 2.05) is 13.0 Å². The molecule has 0 saturated heterocycles. The van der Waals surface area contributed by atoms with E-state index in [1.54, 1.807) is 0 Å². The van der Waals surface area contributed by atoms with Crippen LogP contribution in [-0.4, -0.2) is 35.6 Å². The highest BCUT2D eigenvalue weighted by atomic mass is 16.5.